The molecule has 0 atom stereocenters. The van der Waals surface area contributed by atoms with Crippen molar-refractivity contribution < 1.29 is 14.2 Å². The van der Waals surface area contributed by atoms with E-state index >= 15 is 0 Å². The first-order chi connectivity index (χ1) is 9.24. The van der Waals surface area contributed by atoms with Crippen molar-refractivity contribution in [2.75, 3.05) is 21.3 Å². The Morgan fingerprint density at radius 2 is 1.74 bits per heavy atom. The second kappa shape index (κ2) is 5.79. The van der Waals surface area contributed by atoms with Crippen LogP contribution in [-0.2, 0) is 5.88 Å². The van der Waals surface area contributed by atoms with E-state index in [1.54, 1.807) is 44.4 Å². The topological polar surface area (TPSA) is 58.4 Å². The Kier molecular flexibility index (Phi) is 4.11. The molecule has 19 heavy (non-hydrogen) atoms. The molecular weight excluding hydrogens is 270 g/mol. The minimum Gasteiger partial charge on any atom is -0.493 e. The van der Waals surface area contributed by atoms with Crippen LogP contribution in [0.25, 0.3) is 5.69 Å². The summed E-state index contributed by atoms with van der Waals surface area (Å²) >= 11 is 5.82. The second-order valence-corrected chi connectivity index (χ2v) is 3.90. The van der Waals surface area contributed by atoms with E-state index in [2.05, 4.69) is 10.2 Å². The summed E-state index contributed by atoms with van der Waals surface area (Å²) in [5, 5.41) is 7.77. The molecule has 102 valence electrons. The maximum atomic E-state index is 5.82. The van der Waals surface area contributed by atoms with Crippen molar-refractivity contribution in [3.05, 3.63) is 24.3 Å². The van der Waals surface area contributed by atoms with Crippen LogP contribution in [0, 0.1) is 0 Å². The number of hydrogen-bond acceptors (Lipinski definition) is 5. The number of halogens is 1. The molecule has 0 unspecified atom stereocenters. The standard InChI is InChI=1S/C12H14ClN3O3/c1-17-9-4-8(5-10(18-2)12(9)19-3)16-7-14-15-11(16)6-13/h4-5,7H,6H2,1-3H3. The summed E-state index contributed by atoms with van der Waals surface area (Å²) in [6.07, 6.45) is 1.58. The summed E-state index contributed by atoms with van der Waals surface area (Å²) in [5.41, 5.74) is 0.787. The lowest BCUT2D eigenvalue weighted by molar-refractivity contribution is 0.324. The number of hydrogen-bond donors (Lipinski definition) is 0. The van der Waals surface area contributed by atoms with Crippen molar-refractivity contribution in [1.82, 2.24) is 14.8 Å². The van der Waals surface area contributed by atoms with Gasteiger partial charge in [-0.3, -0.25) is 4.57 Å². The predicted octanol–water partition coefficient (Wildman–Crippen LogP) is 2.03. The smallest absolute Gasteiger partial charge is 0.203 e. The SMILES string of the molecule is COc1cc(-n2cnnc2CCl)cc(OC)c1OC. The third-order valence-corrected chi connectivity index (χ3v) is 2.90. The molecule has 0 aliphatic rings. The molecule has 0 N–H and O–H groups in total. The van der Waals surface area contributed by atoms with Crippen LogP contribution in [0.2, 0.25) is 0 Å². The summed E-state index contributed by atoms with van der Waals surface area (Å²) < 4.78 is 17.6. The van der Waals surface area contributed by atoms with E-state index in [1.807, 2.05) is 0 Å². The Balaban J connectivity index is 2.59. The maximum absolute atomic E-state index is 5.82. The highest BCUT2D eigenvalue weighted by atomic mass is 35.5. The molecule has 0 spiro atoms. The highest BCUT2D eigenvalue weighted by Crippen LogP contribution is 2.39. The highest BCUT2D eigenvalue weighted by molar-refractivity contribution is 6.16. The van der Waals surface area contributed by atoms with Gasteiger partial charge in [0, 0.05) is 12.1 Å². The molecule has 0 saturated heterocycles. The van der Waals surface area contributed by atoms with Crippen LogP contribution < -0.4 is 14.2 Å². The number of ether oxygens (including phenoxy) is 3. The van der Waals surface area contributed by atoms with Crippen molar-refractivity contribution in [2.45, 2.75) is 5.88 Å². The Hall–Kier alpha value is -1.95. The molecule has 2 aromatic rings. The van der Waals surface area contributed by atoms with Gasteiger partial charge in [-0.15, -0.1) is 21.8 Å². The minimum atomic E-state index is 0.261. The molecule has 6 nitrogen and oxygen atoms in total. The quantitative estimate of drug-likeness (QED) is 0.786. The number of rotatable bonds is 5. The van der Waals surface area contributed by atoms with Gasteiger partial charge in [0.2, 0.25) is 5.75 Å². The van der Waals surface area contributed by atoms with E-state index in [0.717, 1.165) is 5.69 Å². The molecule has 1 aromatic heterocycles. The van der Waals surface area contributed by atoms with Crippen LogP contribution in [0.15, 0.2) is 18.5 Å². The lowest BCUT2D eigenvalue weighted by Crippen LogP contribution is -2.01. The van der Waals surface area contributed by atoms with E-state index in [9.17, 15) is 0 Å². The van der Waals surface area contributed by atoms with Crippen molar-refractivity contribution in [2.24, 2.45) is 0 Å². The average Bonchev–Trinajstić information content (AvgIpc) is 2.93. The molecule has 2 rings (SSSR count). The largest absolute Gasteiger partial charge is 0.493 e. The van der Waals surface area contributed by atoms with E-state index in [-0.39, 0.29) is 5.88 Å². The zero-order valence-electron chi connectivity index (χ0n) is 10.9. The van der Waals surface area contributed by atoms with Gasteiger partial charge in [-0.1, -0.05) is 0 Å². The molecule has 0 aliphatic heterocycles. The lowest BCUT2D eigenvalue weighted by atomic mass is 10.2. The number of methoxy groups -OCH3 is 3. The molecule has 0 fully saturated rings. The third kappa shape index (κ3) is 2.44. The summed E-state index contributed by atoms with van der Waals surface area (Å²) in [6.45, 7) is 0. The average molecular weight is 284 g/mol. The van der Waals surface area contributed by atoms with E-state index in [1.165, 1.54) is 0 Å². The van der Waals surface area contributed by atoms with E-state index < -0.39 is 0 Å². The van der Waals surface area contributed by atoms with Gasteiger partial charge in [-0.2, -0.15) is 0 Å². The minimum absolute atomic E-state index is 0.261. The van der Waals surface area contributed by atoms with E-state index in [0.29, 0.717) is 23.1 Å². The fourth-order valence-electron chi connectivity index (χ4n) is 1.77. The molecule has 0 saturated carbocycles. The Morgan fingerprint density at radius 3 is 2.21 bits per heavy atom. The molecule has 0 bridgehead atoms. The zero-order valence-corrected chi connectivity index (χ0v) is 11.6. The van der Waals surface area contributed by atoms with Gasteiger partial charge < -0.3 is 14.2 Å². The third-order valence-electron chi connectivity index (χ3n) is 2.67. The first kappa shape index (κ1) is 13.5. The van der Waals surface area contributed by atoms with Gasteiger partial charge in [0.25, 0.3) is 0 Å². The number of nitrogens with zero attached hydrogens (tertiary/aromatic N) is 3. The summed E-state index contributed by atoms with van der Waals surface area (Å²) in [4.78, 5) is 0. The Labute approximate surface area is 115 Å². The Bertz CT molecular complexity index is 546. The normalized spacial score (nSPS) is 10.3. The molecule has 0 amide bonds. The number of aromatic nitrogens is 3. The number of alkyl halides is 1. The summed E-state index contributed by atoms with van der Waals surface area (Å²) in [5.74, 6) is 2.55. The van der Waals surface area contributed by atoms with Crippen LogP contribution in [0.5, 0.6) is 17.2 Å². The van der Waals surface area contributed by atoms with Crippen LogP contribution in [0.1, 0.15) is 5.82 Å². The fraction of sp³-hybridized carbons (Fsp3) is 0.333. The van der Waals surface area contributed by atoms with Crippen molar-refractivity contribution in [3.8, 4) is 22.9 Å². The van der Waals surface area contributed by atoms with Crippen molar-refractivity contribution in [1.29, 1.82) is 0 Å². The predicted molar refractivity (Wildman–Crippen MR) is 70.6 cm³/mol. The van der Waals surface area contributed by atoms with Gasteiger partial charge in [0.05, 0.1) is 32.9 Å². The fourth-order valence-corrected chi connectivity index (χ4v) is 1.95. The summed E-state index contributed by atoms with van der Waals surface area (Å²) in [7, 11) is 4.69. The van der Waals surface area contributed by atoms with Crippen molar-refractivity contribution >= 4 is 11.6 Å². The first-order valence-corrected chi connectivity index (χ1v) is 6.03. The van der Waals surface area contributed by atoms with Gasteiger partial charge >= 0.3 is 0 Å². The second-order valence-electron chi connectivity index (χ2n) is 3.63. The molecule has 7 heteroatoms. The Morgan fingerprint density at radius 1 is 1.11 bits per heavy atom. The van der Waals surface area contributed by atoms with Gasteiger partial charge in [0.1, 0.15) is 6.33 Å². The molecule has 0 aliphatic carbocycles. The molecule has 0 radical (unpaired) electrons. The molecular formula is C12H14ClN3O3. The zero-order chi connectivity index (χ0) is 13.8. The number of benzene rings is 1. The summed E-state index contributed by atoms with van der Waals surface area (Å²) in [6, 6.07) is 3.61. The van der Waals surface area contributed by atoms with Crippen molar-refractivity contribution in [3.63, 3.8) is 0 Å². The van der Waals surface area contributed by atoms with E-state index in [4.69, 9.17) is 25.8 Å². The van der Waals surface area contributed by atoms with Crippen LogP contribution in [0.4, 0.5) is 0 Å². The lowest BCUT2D eigenvalue weighted by Gasteiger charge is -2.14. The highest BCUT2D eigenvalue weighted by Gasteiger charge is 2.15. The maximum Gasteiger partial charge on any atom is 0.203 e. The van der Waals surface area contributed by atoms with Crippen LogP contribution in [0.3, 0.4) is 0 Å². The molecule has 1 aromatic carbocycles. The van der Waals surface area contributed by atoms with Crippen LogP contribution >= 0.6 is 11.6 Å². The van der Waals surface area contributed by atoms with Gasteiger partial charge in [-0.05, 0) is 0 Å². The van der Waals surface area contributed by atoms with Crippen LogP contribution in [-0.4, -0.2) is 36.1 Å². The monoisotopic (exact) mass is 283 g/mol. The first-order valence-electron chi connectivity index (χ1n) is 5.50. The van der Waals surface area contributed by atoms with Gasteiger partial charge in [0.15, 0.2) is 17.3 Å². The van der Waals surface area contributed by atoms with Gasteiger partial charge in [-0.25, -0.2) is 0 Å². The molecule has 1 heterocycles.